The second kappa shape index (κ2) is 10.6. The maximum Gasteiger partial charge on any atom is 0.396 e. The minimum Gasteiger partial charge on any atom is -0.462 e. The first-order valence-electron chi connectivity index (χ1n) is 9.98. The Hall–Kier alpha value is -2.41. The molecule has 3 rings (SSSR count). The SMILES string of the molecule is COC(=O)C(=O)N1CCN(CC(OCc2cccc(C)c2)c2ccc(Cl)cc2)CC1. The van der Waals surface area contributed by atoms with Crippen LogP contribution in [-0.2, 0) is 25.7 Å². The third-order valence-corrected chi connectivity index (χ3v) is 5.47. The summed E-state index contributed by atoms with van der Waals surface area (Å²) in [5.74, 6) is -1.40. The fourth-order valence-corrected chi connectivity index (χ4v) is 3.64. The Labute approximate surface area is 182 Å². The molecule has 6 nitrogen and oxygen atoms in total. The third kappa shape index (κ3) is 6.05. The summed E-state index contributed by atoms with van der Waals surface area (Å²) in [5, 5.41) is 0.686. The highest BCUT2D eigenvalue weighted by Crippen LogP contribution is 2.23. The van der Waals surface area contributed by atoms with Crippen LogP contribution in [0.3, 0.4) is 0 Å². The monoisotopic (exact) mass is 430 g/mol. The molecule has 2 aromatic carbocycles. The van der Waals surface area contributed by atoms with Crippen LogP contribution in [0.15, 0.2) is 48.5 Å². The predicted molar refractivity (Wildman–Crippen MR) is 115 cm³/mol. The van der Waals surface area contributed by atoms with Crippen LogP contribution < -0.4 is 0 Å². The lowest BCUT2D eigenvalue weighted by atomic mass is 10.1. The number of hydrogen-bond acceptors (Lipinski definition) is 5. The quantitative estimate of drug-likeness (QED) is 0.520. The van der Waals surface area contributed by atoms with Gasteiger partial charge in [0.25, 0.3) is 0 Å². The zero-order chi connectivity index (χ0) is 21.5. The highest BCUT2D eigenvalue weighted by atomic mass is 35.5. The number of halogens is 1. The van der Waals surface area contributed by atoms with Crippen LogP contribution in [-0.4, -0.2) is 61.5 Å². The number of carbonyl (C=O) groups excluding carboxylic acids is 2. The van der Waals surface area contributed by atoms with E-state index in [1.807, 2.05) is 30.3 Å². The summed E-state index contributed by atoms with van der Waals surface area (Å²) < 4.78 is 10.8. The van der Waals surface area contributed by atoms with Crippen molar-refractivity contribution in [3.8, 4) is 0 Å². The first-order chi connectivity index (χ1) is 14.5. The van der Waals surface area contributed by atoms with E-state index in [2.05, 4.69) is 34.8 Å². The molecule has 0 bridgehead atoms. The molecular formula is C23H27ClN2O4. The summed E-state index contributed by atoms with van der Waals surface area (Å²) in [6, 6.07) is 16.0. The molecular weight excluding hydrogens is 404 g/mol. The highest BCUT2D eigenvalue weighted by molar-refractivity contribution is 6.32. The van der Waals surface area contributed by atoms with Crippen LogP contribution in [0.5, 0.6) is 0 Å². The lowest BCUT2D eigenvalue weighted by Gasteiger charge is -2.36. The number of piperazine rings is 1. The molecule has 0 saturated carbocycles. The number of rotatable bonds is 6. The number of ether oxygens (including phenoxy) is 2. The van der Waals surface area contributed by atoms with Crippen molar-refractivity contribution < 1.29 is 19.1 Å². The van der Waals surface area contributed by atoms with Crippen molar-refractivity contribution >= 4 is 23.5 Å². The molecule has 0 aromatic heterocycles. The number of nitrogens with zero attached hydrogens (tertiary/aromatic N) is 2. The van der Waals surface area contributed by atoms with Gasteiger partial charge in [-0.1, -0.05) is 53.6 Å². The number of amides is 1. The number of benzene rings is 2. The van der Waals surface area contributed by atoms with Gasteiger partial charge in [-0.25, -0.2) is 4.79 Å². The van der Waals surface area contributed by atoms with E-state index >= 15 is 0 Å². The van der Waals surface area contributed by atoms with Gasteiger partial charge >= 0.3 is 11.9 Å². The van der Waals surface area contributed by atoms with Crippen molar-refractivity contribution in [3.05, 3.63) is 70.2 Å². The average Bonchev–Trinajstić information content (AvgIpc) is 2.76. The van der Waals surface area contributed by atoms with Crippen molar-refractivity contribution in [2.24, 2.45) is 0 Å². The molecule has 30 heavy (non-hydrogen) atoms. The Balaban J connectivity index is 1.63. The predicted octanol–water partition coefficient (Wildman–Crippen LogP) is 3.22. The molecule has 1 unspecified atom stereocenters. The molecule has 1 amide bonds. The van der Waals surface area contributed by atoms with Crippen LogP contribution in [0, 0.1) is 6.92 Å². The Morgan fingerprint density at radius 2 is 1.77 bits per heavy atom. The van der Waals surface area contributed by atoms with Gasteiger partial charge in [-0.3, -0.25) is 9.69 Å². The molecule has 1 atom stereocenters. The van der Waals surface area contributed by atoms with Crippen molar-refractivity contribution in [1.82, 2.24) is 9.80 Å². The molecule has 7 heteroatoms. The lowest BCUT2D eigenvalue weighted by Crippen LogP contribution is -2.51. The summed E-state index contributed by atoms with van der Waals surface area (Å²) in [4.78, 5) is 27.2. The van der Waals surface area contributed by atoms with Gasteiger partial charge in [0.1, 0.15) is 0 Å². The first kappa shape index (κ1) is 22.3. The van der Waals surface area contributed by atoms with E-state index in [4.69, 9.17) is 16.3 Å². The normalized spacial score (nSPS) is 15.6. The molecule has 0 radical (unpaired) electrons. The average molecular weight is 431 g/mol. The fourth-order valence-electron chi connectivity index (χ4n) is 3.51. The number of carbonyl (C=O) groups is 2. The van der Waals surface area contributed by atoms with Crippen molar-refractivity contribution in [3.63, 3.8) is 0 Å². The second-order valence-corrected chi connectivity index (χ2v) is 7.86. The van der Waals surface area contributed by atoms with Gasteiger partial charge in [0.05, 0.1) is 19.8 Å². The van der Waals surface area contributed by atoms with E-state index in [0.717, 1.165) is 11.1 Å². The number of methoxy groups -OCH3 is 1. The van der Waals surface area contributed by atoms with Gasteiger partial charge in [-0.2, -0.15) is 0 Å². The molecule has 1 aliphatic rings. The molecule has 160 valence electrons. The largest absolute Gasteiger partial charge is 0.462 e. The van der Waals surface area contributed by atoms with Gasteiger partial charge in [0.2, 0.25) is 0 Å². The number of hydrogen-bond donors (Lipinski definition) is 0. The summed E-state index contributed by atoms with van der Waals surface area (Å²) in [6.45, 7) is 5.57. The van der Waals surface area contributed by atoms with E-state index in [1.54, 1.807) is 0 Å². The molecule has 1 saturated heterocycles. The van der Waals surface area contributed by atoms with E-state index in [9.17, 15) is 9.59 Å². The van der Waals surface area contributed by atoms with Gasteiger partial charge in [0.15, 0.2) is 0 Å². The van der Waals surface area contributed by atoms with Crippen molar-refractivity contribution in [1.29, 1.82) is 0 Å². The molecule has 0 spiro atoms. The summed E-state index contributed by atoms with van der Waals surface area (Å²) in [7, 11) is 1.22. The van der Waals surface area contributed by atoms with Crippen LogP contribution in [0.25, 0.3) is 0 Å². The number of aryl methyl sites for hydroxylation is 1. The van der Waals surface area contributed by atoms with E-state index < -0.39 is 11.9 Å². The van der Waals surface area contributed by atoms with Gasteiger partial charge in [-0.05, 0) is 30.2 Å². The molecule has 1 heterocycles. The van der Waals surface area contributed by atoms with Crippen molar-refractivity contribution in [2.45, 2.75) is 19.6 Å². The third-order valence-electron chi connectivity index (χ3n) is 5.22. The fraction of sp³-hybridized carbons (Fsp3) is 0.391. The van der Waals surface area contributed by atoms with E-state index in [0.29, 0.717) is 44.4 Å². The van der Waals surface area contributed by atoms with Crippen LogP contribution in [0.1, 0.15) is 22.8 Å². The molecule has 0 aliphatic carbocycles. The Morgan fingerprint density at radius 1 is 1.07 bits per heavy atom. The highest BCUT2D eigenvalue weighted by Gasteiger charge is 2.28. The lowest BCUT2D eigenvalue weighted by molar-refractivity contribution is -0.159. The molecule has 1 aliphatic heterocycles. The smallest absolute Gasteiger partial charge is 0.396 e. The molecule has 2 aromatic rings. The Kier molecular flexibility index (Phi) is 7.85. The Bertz CT molecular complexity index is 864. The van der Waals surface area contributed by atoms with Gasteiger partial charge in [-0.15, -0.1) is 0 Å². The minimum atomic E-state index is -0.816. The summed E-state index contributed by atoms with van der Waals surface area (Å²) >= 11 is 6.06. The zero-order valence-corrected chi connectivity index (χ0v) is 18.1. The zero-order valence-electron chi connectivity index (χ0n) is 17.3. The second-order valence-electron chi connectivity index (χ2n) is 7.42. The first-order valence-corrected chi connectivity index (χ1v) is 10.4. The van der Waals surface area contributed by atoms with E-state index in [1.165, 1.54) is 17.6 Å². The summed E-state index contributed by atoms with van der Waals surface area (Å²) in [5.41, 5.74) is 3.38. The minimum absolute atomic E-state index is 0.134. The van der Waals surface area contributed by atoms with Crippen molar-refractivity contribution in [2.75, 3.05) is 39.8 Å². The Morgan fingerprint density at radius 3 is 2.40 bits per heavy atom. The maximum atomic E-state index is 12.0. The number of esters is 1. The standard InChI is InChI=1S/C23H27ClN2O4/c1-17-4-3-5-18(14-17)16-30-21(19-6-8-20(24)9-7-19)15-25-10-12-26(13-11-25)22(27)23(28)29-2/h3-9,14,21H,10-13,15-16H2,1-2H3. The molecule has 1 fully saturated rings. The van der Waals surface area contributed by atoms with Gasteiger partial charge in [0, 0.05) is 37.7 Å². The topological polar surface area (TPSA) is 59.1 Å². The van der Waals surface area contributed by atoms with Gasteiger partial charge < -0.3 is 14.4 Å². The van der Waals surface area contributed by atoms with Crippen LogP contribution in [0.4, 0.5) is 0 Å². The van der Waals surface area contributed by atoms with Crippen LogP contribution >= 0.6 is 11.6 Å². The summed E-state index contributed by atoms with van der Waals surface area (Å²) in [6.07, 6.45) is -0.134. The maximum absolute atomic E-state index is 12.0. The van der Waals surface area contributed by atoms with Crippen LogP contribution in [0.2, 0.25) is 5.02 Å². The van der Waals surface area contributed by atoms with E-state index in [-0.39, 0.29) is 6.10 Å². The molecule has 0 N–H and O–H groups in total.